The fraction of sp³-hybridized carbons (Fsp3) is 1.00. The minimum absolute atomic E-state index is 0.295. The zero-order valence-corrected chi connectivity index (χ0v) is 10.8. The molecule has 3 atom stereocenters. The van der Waals surface area contributed by atoms with E-state index in [9.17, 15) is 0 Å². The van der Waals surface area contributed by atoms with Crippen molar-refractivity contribution in [2.24, 2.45) is 0 Å². The van der Waals surface area contributed by atoms with Crippen LogP contribution in [0.15, 0.2) is 0 Å². The first-order valence-corrected chi connectivity index (χ1v) is 6.94. The van der Waals surface area contributed by atoms with Crippen LogP contribution in [-0.2, 0) is 14.2 Å². The third kappa shape index (κ3) is 4.54. The molecule has 0 aliphatic carbocycles. The number of nitrogens with one attached hydrogen (secondary N) is 1. The molecule has 1 N–H and O–H groups in total. The molecule has 0 aromatic carbocycles. The van der Waals surface area contributed by atoms with Crippen molar-refractivity contribution in [2.45, 2.75) is 50.9 Å². The van der Waals surface area contributed by atoms with Gasteiger partial charge in [-0.15, -0.1) is 0 Å². The van der Waals surface area contributed by atoms with E-state index in [4.69, 9.17) is 14.2 Å². The zero-order valence-electron chi connectivity index (χ0n) is 10.8. The molecule has 4 nitrogen and oxygen atoms in total. The lowest BCUT2D eigenvalue weighted by Crippen LogP contribution is -2.29. The predicted octanol–water partition coefficient (Wildman–Crippen LogP) is 1.34. The molecule has 2 aliphatic heterocycles. The summed E-state index contributed by atoms with van der Waals surface area (Å²) in [5, 5.41) is 3.41. The van der Waals surface area contributed by atoms with Gasteiger partial charge in [0, 0.05) is 13.2 Å². The van der Waals surface area contributed by atoms with Crippen LogP contribution in [0.2, 0.25) is 0 Å². The van der Waals surface area contributed by atoms with Crippen molar-refractivity contribution in [1.82, 2.24) is 5.32 Å². The largest absolute Gasteiger partial charge is 0.379 e. The molecule has 2 aliphatic rings. The van der Waals surface area contributed by atoms with Gasteiger partial charge in [0.1, 0.15) is 0 Å². The third-order valence-electron chi connectivity index (χ3n) is 3.40. The van der Waals surface area contributed by atoms with Gasteiger partial charge in [-0.05, 0) is 32.2 Å². The molecule has 2 fully saturated rings. The fourth-order valence-electron chi connectivity index (χ4n) is 2.38. The minimum Gasteiger partial charge on any atom is -0.379 e. The Morgan fingerprint density at radius 1 is 1.24 bits per heavy atom. The highest BCUT2D eigenvalue weighted by molar-refractivity contribution is 4.76. The highest BCUT2D eigenvalue weighted by Gasteiger charge is 2.26. The molecule has 0 spiro atoms. The molecule has 0 amide bonds. The Morgan fingerprint density at radius 2 is 2.12 bits per heavy atom. The molecule has 4 heteroatoms. The summed E-state index contributed by atoms with van der Waals surface area (Å²) in [6.45, 7) is 6.59. The number of ether oxygens (including phenoxy) is 3. The van der Waals surface area contributed by atoms with Crippen molar-refractivity contribution in [3.63, 3.8) is 0 Å². The Kier molecular flexibility index (Phi) is 5.71. The van der Waals surface area contributed by atoms with Gasteiger partial charge in [0.05, 0.1) is 31.5 Å². The second kappa shape index (κ2) is 7.31. The molecule has 0 saturated carbocycles. The van der Waals surface area contributed by atoms with Crippen LogP contribution >= 0.6 is 0 Å². The van der Waals surface area contributed by atoms with E-state index in [1.54, 1.807) is 0 Å². The summed E-state index contributed by atoms with van der Waals surface area (Å²) in [4.78, 5) is 0. The predicted molar refractivity (Wildman–Crippen MR) is 66.2 cm³/mol. The molecule has 0 aromatic heterocycles. The van der Waals surface area contributed by atoms with E-state index in [-0.39, 0.29) is 0 Å². The molecule has 3 unspecified atom stereocenters. The van der Waals surface area contributed by atoms with Crippen LogP contribution in [0.4, 0.5) is 0 Å². The average molecular weight is 243 g/mol. The van der Waals surface area contributed by atoms with Gasteiger partial charge in [0.25, 0.3) is 0 Å². The van der Waals surface area contributed by atoms with E-state index >= 15 is 0 Å². The van der Waals surface area contributed by atoms with Crippen LogP contribution < -0.4 is 5.32 Å². The topological polar surface area (TPSA) is 39.7 Å². The van der Waals surface area contributed by atoms with Gasteiger partial charge in [-0.2, -0.15) is 0 Å². The van der Waals surface area contributed by atoms with Gasteiger partial charge >= 0.3 is 0 Å². The summed E-state index contributed by atoms with van der Waals surface area (Å²) in [5.74, 6) is 0. The second-order valence-electron chi connectivity index (χ2n) is 4.98. The molecule has 100 valence electrons. The number of hydrogen-bond acceptors (Lipinski definition) is 4. The highest BCUT2D eigenvalue weighted by atomic mass is 16.6. The van der Waals surface area contributed by atoms with Crippen LogP contribution in [0, 0.1) is 0 Å². The molecule has 2 rings (SSSR count). The highest BCUT2D eigenvalue weighted by Crippen LogP contribution is 2.20. The molecule has 0 aromatic rings. The molecule has 0 bridgehead atoms. The second-order valence-corrected chi connectivity index (χ2v) is 4.98. The smallest absolute Gasteiger partial charge is 0.0831 e. The number of rotatable bonds is 7. The summed E-state index contributed by atoms with van der Waals surface area (Å²) in [5.41, 5.74) is 0. The van der Waals surface area contributed by atoms with Crippen molar-refractivity contribution >= 4 is 0 Å². The van der Waals surface area contributed by atoms with E-state index in [0.29, 0.717) is 18.3 Å². The van der Waals surface area contributed by atoms with Gasteiger partial charge in [-0.25, -0.2) is 0 Å². The standard InChI is InChI=1S/C13H25NO3/c1-2-6-14-8-11-3-4-13(17-11)10-16-12-5-7-15-9-12/h11-14H,2-10H2,1H3. The maximum atomic E-state index is 5.94. The van der Waals surface area contributed by atoms with Gasteiger partial charge in [-0.1, -0.05) is 6.92 Å². The van der Waals surface area contributed by atoms with E-state index in [0.717, 1.165) is 52.2 Å². The van der Waals surface area contributed by atoms with E-state index in [1.165, 1.54) is 6.42 Å². The van der Waals surface area contributed by atoms with Crippen LogP contribution in [-0.4, -0.2) is 51.2 Å². The summed E-state index contributed by atoms with van der Waals surface area (Å²) >= 11 is 0. The Bertz CT molecular complexity index is 207. The van der Waals surface area contributed by atoms with Gasteiger partial charge < -0.3 is 19.5 Å². The van der Waals surface area contributed by atoms with E-state index < -0.39 is 0 Å². The van der Waals surface area contributed by atoms with Crippen LogP contribution in [0.1, 0.15) is 32.6 Å². The van der Waals surface area contributed by atoms with Gasteiger partial charge in [0.15, 0.2) is 0 Å². The molecule has 0 radical (unpaired) electrons. The molecule has 2 heterocycles. The van der Waals surface area contributed by atoms with E-state index in [1.807, 2.05) is 0 Å². The lowest BCUT2D eigenvalue weighted by Gasteiger charge is -2.16. The summed E-state index contributed by atoms with van der Waals surface area (Å²) in [6.07, 6.45) is 5.49. The maximum Gasteiger partial charge on any atom is 0.0831 e. The Morgan fingerprint density at radius 3 is 2.88 bits per heavy atom. The van der Waals surface area contributed by atoms with Crippen molar-refractivity contribution < 1.29 is 14.2 Å². The van der Waals surface area contributed by atoms with Crippen molar-refractivity contribution in [2.75, 3.05) is 32.9 Å². The van der Waals surface area contributed by atoms with E-state index in [2.05, 4.69) is 12.2 Å². The first-order valence-electron chi connectivity index (χ1n) is 6.94. The van der Waals surface area contributed by atoms with Crippen LogP contribution in [0.3, 0.4) is 0 Å². The van der Waals surface area contributed by atoms with Crippen LogP contribution in [0.5, 0.6) is 0 Å². The van der Waals surface area contributed by atoms with Crippen molar-refractivity contribution in [1.29, 1.82) is 0 Å². The van der Waals surface area contributed by atoms with Crippen molar-refractivity contribution in [3.8, 4) is 0 Å². The third-order valence-corrected chi connectivity index (χ3v) is 3.40. The van der Waals surface area contributed by atoms with Crippen LogP contribution in [0.25, 0.3) is 0 Å². The molecule has 2 saturated heterocycles. The first kappa shape index (κ1) is 13.3. The normalized spacial score (nSPS) is 33.4. The SMILES string of the molecule is CCCNCC1CCC(COC2CCOC2)O1. The minimum atomic E-state index is 0.295. The number of hydrogen-bond donors (Lipinski definition) is 1. The quantitative estimate of drug-likeness (QED) is 0.685. The summed E-state index contributed by atoms with van der Waals surface area (Å²) in [6, 6.07) is 0. The maximum absolute atomic E-state index is 5.94. The zero-order chi connectivity index (χ0) is 11.9. The lowest BCUT2D eigenvalue weighted by molar-refractivity contribution is -0.0418. The summed E-state index contributed by atoms with van der Waals surface area (Å²) < 4.78 is 17.0. The monoisotopic (exact) mass is 243 g/mol. The first-order chi connectivity index (χ1) is 8.38. The fourth-order valence-corrected chi connectivity index (χ4v) is 2.38. The van der Waals surface area contributed by atoms with Gasteiger partial charge in [-0.3, -0.25) is 0 Å². The van der Waals surface area contributed by atoms with Gasteiger partial charge in [0.2, 0.25) is 0 Å². The van der Waals surface area contributed by atoms with Crippen molar-refractivity contribution in [3.05, 3.63) is 0 Å². The Balaban J connectivity index is 1.54. The lowest BCUT2D eigenvalue weighted by atomic mass is 10.2. The average Bonchev–Trinajstić information content (AvgIpc) is 2.98. The Labute approximate surface area is 104 Å². The molecular weight excluding hydrogens is 218 g/mol. The molecule has 17 heavy (non-hydrogen) atoms. The molecular formula is C13H25NO3. The Hall–Kier alpha value is -0.160. The summed E-state index contributed by atoms with van der Waals surface area (Å²) in [7, 11) is 0.